The van der Waals surface area contributed by atoms with Crippen LogP contribution in [0.4, 0.5) is 0 Å². The van der Waals surface area contributed by atoms with Crippen molar-refractivity contribution in [3.8, 4) is 0 Å². The van der Waals surface area contributed by atoms with Crippen LogP contribution in [-0.4, -0.2) is 37.1 Å². The molecule has 3 N–H and O–H groups in total. The lowest BCUT2D eigenvalue weighted by Crippen LogP contribution is -2.52. The first-order chi connectivity index (χ1) is 9.22. The Morgan fingerprint density at radius 2 is 2.11 bits per heavy atom. The van der Waals surface area contributed by atoms with Crippen LogP contribution in [0.15, 0.2) is 0 Å². The summed E-state index contributed by atoms with van der Waals surface area (Å²) >= 11 is 0. The molecule has 2 fully saturated rings. The van der Waals surface area contributed by atoms with Crippen molar-refractivity contribution in [2.75, 3.05) is 13.1 Å². The minimum Gasteiger partial charge on any atom is -0.355 e. The van der Waals surface area contributed by atoms with Gasteiger partial charge in [0.05, 0.1) is 6.04 Å². The van der Waals surface area contributed by atoms with Crippen LogP contribution in [0.1, 0.15) is 52.4 Å². The van der Waals surface area contributed by atoms with Crippen LogP contribution in [0.2, 0.25) is 0 Å². The maximum absolute atomic E-state index is 11.8. The molecule has 19 heavy (non-hydrogen) atoms. The summed E-state index contributed by atoms with van der Waals surface area (Å²) in [5.74, 6) is 0.835. The van der Waals surface area contributed by atoms with Crippen molar-refractivity contribution in [2.24, 2.45) is 5.92 Å². The first kappa shape index (κ1) is 14.8. The van der Waals surface area contributed by atoms with E-state index in [1.807, 2.05) is 13.8 Å². The standard InChI is InChI=1S/C15H29N3O/c1-3-16-15(19)11(2)18-14-9-6-7-12(14)13-8-4-5-10-17-13/h11-14,17-18H,3-10H2,1-2H3,(H,16,19). The molecule has 4 nitrogen and oxygen atoms in total. The van der Waals surface area contributed by atoms with E-state index >= 15 is 0 Å². The van der Waals surface area contributed by atoms with E-state index in [0.717, 1.165) is 0 Å². The quantitative estimate of drug-likeness (QED) is 0.706. The van der Waals surface area contributed by atoms with Crippen LogP contribution >= 0.6 is 0 Å². The van der Waals surface area contributed by atoms with Gasteiger partial charge in [0, 0.05) is 18.6 Å². The van der Waals surface area contributed by atoms with Gasteiger partial charge in [0.15, 0.2) is 0 Å². The molecule has 110 valence electrons. The summed E-state index contributed by atoms with van der Waals surface area (Å²) < 4.78 is 0. The Balaban J connectivity index is 1.85. The molecular weight excluding hydrogens is 238 g/mol. The van der Waals surface area contributed by atoms with E-state index in [1.54, 1.807) is 0 Å². The van der Waals surface area contributed by atoms with E-state index in [4.69, 9.17) is 0 Å². The summed E-state index contributed by atoms with van der Waals surface area (Å²) in [5, 5.41) is 10.1. The molecule has 0 bridgehead atoms. The van der Waals surface area contributed by atoms with E-state index in [1.165, 1.54) is 45.1 Å². The normalized spacial score (nSPS) is 33.1. The molecular formula is C15H29N3O. The first-order valence-corrected chi connectivity index (χ1v) is 7.99. The number of likely N-dealkylation sites (N-methyl/N-ethyl adjacent to an activating group) is 1. The average Bonchev–Trinajstić information content (AvgIpc) is 2.88. The van der Waals surface area contributed by atoms with Gasteiger partial charge < -0.3 is 16.0 Å². The van der Waals surface area contributed by atoms with Crippen molar-refractivity contribution in [2.45, 2.75) is 70.5 Å². The zero-order chi connectivity index (χ0) is 13.7. The van der Waals surface area contributed by atoms with Gasteiger partial charge in [-0.15, -0.1) is 0 Å². The lowest BCUT2D eigenvalue weighted by molar-refractivity contribution is -0.122. The highest BCUT2D eigenvalue weighted by Crippen LogP contribution is 2.31. The maximum Gasteiger partial charge on any atom is 0.236 e. The Hall–Kier alpha value is -0.610. The summed E-state index contributed by atoms with van der Waals surface area (Å²) in [5.41, 5.74) is 0. The van der Waals surface area contributed by atoms with Crippen LogP contribution < -0.4 is 16.0 Å². The monoisotopic (exact) mass is 267 g/mol. The van der Waals surface area contributed by atoms with E-state index in [-0.39, 0.29) is 11.9 Å². The van der Waals surface area contributed by atoms with Gasteiger partial charge in [-0.1, -0.05) is 12.8 Å². The molecule has 0 aromatic heterocycles. The molecule has 4 unspecified atom stereocenters. The third kappa shape index (κ3) is 3.93. The van der Waals surface area contributed by atoms with Crippen molar-refractivity contribution in [1.82, 2.24) is 16.0 Å². The van der Waals surface area contributed by atoms with Crippen molar-refractivity contribution < 1.29 is 4.79 Å². The van der Waals surface area contributed by atoms with Crippen LogP contribution in [-0.2, 0) is 4.79 Å². The second kappa shape index (κ2) is 7.25. The fraction of sp³-hybridized carbons (Fsp3) is 0.933. The van der Waals surface area contributed by atoms with E-state index in [9.17, 15) is 4.79 Å². The van der Waals surface area contributed by atoms with Gasteiger partial charge in [0.2, 0.25) is 5.91 Å². The number of carbonyl (C=O) groups is 1. The summed E-state index contributed by atoms with van der Waals surface area (Å²) in [7, 11) is 0. The second-order valence-electron chi connectivity index (χ2n) is 6.04. The second-order valence-corrected chi connectivity index (χ2v) is 6.04. The minimum atomic E-state index is -0.0749. The van der Waals surface area contributed by atoms with Crippen LogP contribution in [0, 0.1) is 5.92 Å². The molecule has 0 radical (unpaired) electrons. The molecule has 1 aliphatic heterocycles. The van der Waals surface area contributed by atoms with Gasteiger partial charge in [-0.2, -0.15) is 0 Å². The zero-order valence-corrected chi connectivity index (χ0v) is 12.4. The Morgan fingerprint density at radius 3 is 2.79 bits per heavy atom. The molecule has 1 heterocycles. The Morgan fingerprint density at radius 1 is 1.26 bits per heavy atom. The molecule has 1 amide bonds. The molecule has 0 spiro atoms. The summed E-state index contributed by atoms with van der Waals surface area (Å²) in [6.45, 7) is 5.83. The number of hydrogen-bond acceptors (Lipinski definition) is 3. The highest BCUT2D eigenvalue weighted by atomic mass is 16.2. The van der Waals surface area contributed by atoms with Crippen molar-refractivity contribution in [3.63, 3.8) is 0 Å². The first-order valence-electron chi connectivity index (χ1n) is 7.99. The summed E-state index contributed by atoms with van der Waals surface area (Å²) in [4.78, 5) is 11.8. The van der Waals surface area contributed by atoms with Crippen LogP contribution in [0.5, 0.6) is 0 Å². The lowest BCUT2D eigenvalue weighted by atomic mass is 9.88. The van der Waals surface area contributed by atoms with Crippen LogP contribution in [0.25, 0.3) is 0 Å². The Bertz CT molecular complexity index is 289. The predicted octanol–water partition coefficient (Wildman–Crippen LogP) is 1.41. The number of hydrogen-bond donors (Lipinski definition) is 3. The van der Waals surface area contributed by atoms with Gasteiger partial charge >= 0.3 is 0 Å². The van der Waals surface area contributed by atoms with Gasteiger partial charge in [0.1, 0.15) is 0 Å². The molecule has 4 heteroatoms. The van der Waals surface area contributed by atoms with Gasteiger partial charge in [0.25, 0.3) is 0 Å². The molecule has 4 atom stereocenters. The van der Waals surface area contributed by atoms with Gasteiger partial charge in [-0.3, -0.25) is 4.79 Å². The molecule has 1 saturated carbocycles. The maximum atomic E-state index is 11.8. The summed E-state index contributed by atoms with van der Waals surface area (Å²) in [6, 6.07) is 1.09. The third-order valence-corrected chi connectivity index (χ3v) is 4.64. The molecule has 1 saturated heterocycles. The van der Waals surface area contributed by atoms with Gasteiger partial charge in [-0.25, -0.2) is 0 Å². The summed E-state index contributed by atoms with van der Waals surface area (Å²) in [6.07, 6.45) is 7.79. The highest BCUT2D eigenvalue weighted by Gasteiger charge is 2.35. The number of amides is 1. The van der Waals surface area contributed by atoms with E-state index < -0.39 is 0 Å². The third-order valence-electron chi connectivity index (χ3n) is 4.64. The smallest absolute Gasteiger partial charge is 0.236 e. The molecule has 2 aliphatic rings. The van der Waals surface area contributed by atoms with E-state index in [2.05, 4.69) is 16.0 Å². The van der Waals surface area contributed by atoms with Crippen molar-refractivity contribution >= 4 is 5.91 Å². The van der Waals surface area contributed by atoms with E-state index in [0.29, 0.717) is 24.5 Å². The molecule has 1 aliphatic carbocycles. The number of rotatable bonds is 5. The Kier molecular flexibility index (Phi) is 5.64. The van der Waals surface area contributed by atoms with Gasteiger partial charge in [-0.05, 0) is 52.0 Å². The van der Waals surface area contributed by atoms with Crippen molar-refractivity contribution in [3.05, 3.63) is 0 Å². The lowest BCUT2D eigenvalue weighted by Gasteiger charge is -2.34. The fourth-order valence-electron chi connectivity index (χ4n) is 3.65. The highest BCUT2D eigenvalue weighted by molar-refractivity contribution is 5.81. The SMILES string of the molecule is CCNC(=O)C(C)NC1CCCC1C1CCCCN1. The average molecular weight is 267 g/mol. The van der Waals surface area contributed by atoms with Crippen molar-refractivity contribution in [1.29, 1.82) is 0 Å². The topological polar surface area (TPSA) is 53.2 Å². The molecule has 0 aromatic rings. The predicted molar refractivity (Wildman–Crippen MR) is 78.1 cm³/mol. The largest absolute Gasteiger partial charge is 0.355 e. The Labute approximate surface area is 117 Å². The zero-order valence-electron chi connectivity index (χ0n) is 12.4. The molecule has 2 rings (SSSR count). The number of carbonyl (C=O) groups excluding carboxylic acids is 1. The molecule has 0 aromatic carbocycles. The minimum absolute atomic E-state index is 0.0749. The fourth-order valence-corrected chi connectivity index (χ4v) is 3.65. The van der Waals surface area contributed by atoms with Crippen LogP contribution in [0.3, 0.4) is 0 Å². The number of piperidine rings is 1. The number of nitrogens with one attached hydrogen (secondary N) is 3.